The SMILES string of the molecule is CCC(OC1CCCCC1)C(=O)N1C[C@@H](C(F)(F)F)[C@H](C(=O)O)C1. The predicted octanol–water partition coefficient (Wildman–Crippen LogP) is 2.84. The van der Waals surface area contributed by atoms with Gasteiger partial charge >= 0.3 is 12.1 Å². The number of amides is 1. The highest BCUT2D eigenvalue weighted by atomic mass is 19.4. The third kappa shape index (κ3) is 4.40. The van der Waals surface area contributed by atoms with E-state index in [9.17, 15) is 22.8 Å². The van der Waals surface area contributed by atoms with Gasteiger partial charge in [-0.25, -0.2) is 0 Å². The van der Waals surface area contributed by atoms with Crippen molar-refractivity contribution in [2.75, 3.05) is 13.1 Å². The molecule has 0 aromatic rings. The zero-order valence-corrected chi connectivity index (χ0v) is 13.7. The first-order valence-corrected chi connectivity index (χ1v) is 8.47. The molecule has 5 nitrogen and oxygen atoms in total. The number of hydrogen-bond acceptors (Lipinski definition) is 3. The maximum absolute atomic E-state index is 13.0. The molecular formula is C16H24F3NO4. The first-order valence-electron chi connectivity index (χ1n) is 8.47. The molecule has 2 aliphatic rings. The second-order valence-electron chi connectivity index (χ2n) is 6.63. The van der Waals surface area contributed by atoms with Crippen LogP contribution in [0.4, 0.5) is 13.2 Å². The van der Waals surface area contributed by atoms with E-state index < -0.39 is 49.1 Å². The Balaban J connectivity index is 2.03. The number of carboxylic acid groups (broad SMARTS) is 1. The van der Waals surface area contributed by atoms with E-state index in [-0.39, 0.29) is 6.10 Å². The lowest BCUT2D eigenvalue weighted by Crippen LogP contribution is -2.41. The van der Waals surface area contributed by atoms with Crippen LogP contribution in [0.25, 0.3) is 0 Å². The Morgan fingerprint density at radius 2 is 1.83 bits per heavy atom. The summed E-state index contributed by atoms with van der Waals surface area (Å²) in [6, 6.07) is 0. The first kappa shape index (κ1) is 19.0. The Morgan fingerprint density at radius 1 is 1.21 bits per heavy atom. The van der Waals surface area contributed by atoms with E-state index in [0.717, 1.165) is 37.0 Å². The van der Waals surface area contributed by atoms with Gasteiger partial charge in [-0.3, -0.25) is 9.59 Å². The van der Waals surface area contributed by atoms with Crippen LogP contribution in [0.5, 0.6) is 0 Å². The molecule has 2 fully saturated rings. The number of carboxylic acids is 1. The van der Waals surface area contributed by atoms with Crippen molar-refractivity contribution in [1.29, 1.82) is 0 Å². The van der Waals surface area contributed by atoms with Crippen LogP contribution in [0.3, 0.4) is 0 Å². The van der Waals surface area contributed by atoms with Crippen LogP contribution in [0.15, 0.2) is 0 Å². The smallest absolute Gasteiger partial charge is 0.394 e. The number of hydrogen-bond donors (Lipinski definition) is 1. The molecule has 24 heavy (non-hydrogen) atoms. The van der Waals surface area contributed by atoms with Crippen molar-refractivity contribution in [3.63, 3.8) is 0 Å². The molecule has 8 heteroatoms. The summed E-state index contributed by atoms with van der Waals surface area (Å²) in [6.45, 7) is 0.726. The molecule has 2 rings (SSSR count). The van der Waals surface area contributed by atoms with Crippen LogP contribution in [0, 0.1) is 11.8 Å². The number of halogens is 3. The second-order valence-corrected chi connectivity index (χ2v) is 6.63. The number of nitrogens with zero attached hydrogens (tertiary/aromatic N) is 1. The Kier molecular flexibility index (Phi) is 6.11. The molecule has 3 atom stereocenters. The highest BCUT2D eigenvalue weighted by Crippen LogP contribution is 2.38. The minimum Gasteiger partial charge on any atom is -0.481 e. The van der Waals surface area contributed by atoms with Crippen molar-refractivity contribution in [2.24, 2.45) is 11.8 Å². The maximum atomic E-state index is 13.0. The monoisotopic (exact) mass is 351 g/mol. The molecule has 0 aromatic carbocycles. The van der Waals surface area contributed by atoms with Gasteiger partial charge in [0.2, 0.25) is 0 Å². The van der Waals surface area contributed by atoms with E-state index in [4.69, 9.17) is 9.84 Å². The first-order chi connectivity index (χ1) is 11.2. The highest BCUT2D eigenvalue weighted by Gasteiger charge is 2.54. The van der Waals surface area contributed by atoms with Crippen molar-refractivity contribution in [1.82, 2.24) is 4.90 Å². The van der Waals surface area contributed by atoms with Gasteiger partial charge < -0.3 is 14.7 Å². The number of ether oxygens (including phenoxy) is 1. The van der Waals surface area contributed by atoms with Gasteiger partial charge in [0.15, 0.2) is 0 Å². The summed E-state index contributed by atoms with van der Waals surface area (Å²) in [4.78, 5) is 24.7. The van der Waals surface area contributed by atoms with E-state index in [1.165, 1.54) is 0 Å². The molecule has 1 amide bonds. The van der Waals surface area contributed by atoms with Crippen molar-refractivity contribution >= 4 is 11.9 Å². The van der Waals surface area contributed by atoms with Crippen LogP contribution in [-0.2, 0) is 14.3 Å². The zero-order chi connectivity index (χ0) is 17.9. The maximum Gasteiger partial charge on any atom is 0.394 e. The number of carbonyl (C=O) groups is 2. The number of alkyl halides is 3. The molecule has 0 bridgehead atoms. The van der Waals surface area contributed by atoms with E-state index in [0.29, 0.717) is 6.42 Å². The second kappa shape index (κ2) is 7.72. The Morgan fingerprint density at radius 3 is 2.29 bits per heavy atom. The van der Waals surface area contributed by atoms with Gasteiger partial charge in [-0.1, -0.05) is 26.2 Å². The van der Waals surface area contributed by atoms with E-state index in [1.807, 2.05) is 0 Å². The third-order valence-corrected chi connectivity index (χ3v) is 4.92. The lowest BCUT2D eigenvalue weighted by molar-refractivity contribution is -0.188. The average molecular weight is 351 g/mol. The molecule has 138 valence electrons. The third-order valence-electron chi connectivity index (χ3n) is 4.92. The van der Waals surface area contributed by atoms with Gasteiger partial charge in [0.05, 0.1) is 17.9 Å². The van der Waals surface area contributed by atoms with E-state index >= 15 is 0 Å². The van der Waals surface area contributed by atoms with Crippen molar-refractivity contribution < 1.29 is 32.6 Å². The summed E-state index contributed by atoms with van der Waals surface area (Å²) in [5.74, 6) is -5.68. The molecule has 1 N–H and O–H groups in total. The summed E-state index contributed by atoms with van der Waals surface area (Å²) in [7, 11) is 0. The largest absolute Gasteiger partial charge is 0.481 e. The number of rotatable bonds is 5. The average Bonchev–Trinajstić information content (AvgIpc) is 2.99. The summed E-state index contributed by atoms with van der Waals surface area (Å²) in [5, 5.41) is 9.03. The van der Waals surface area contributed by atoms with Gasteiger partial charge in [-0.15, -0.1) is 0 Å². The highest BCUT2D eigenvalue weighted by molar-refractivity contribution is 5.82. The number of aliphatic carboxylic acids is 1. The Bertz CT molecular complexity index is 463. The van der Waals surface area contributed by atoms with Crippen LogP contribution < -0.4 is 0 Å². The molecule has 1 heterocycles. The van der Waals surface area contributed by atoms with Crippen molar-refractivity contribution in [2.45, 2.75) is 63.8 Å². The fourth-order valence-corrected chi connectivity index (χ4v) is 3.53. The minimum absolute atomic E-state index is 0.0380. The lowest BCUT2D eigenvalue weighted by atomic mass is 9.96. The summed E-state index contributed by atoms with van der Waals surface area (Å²) in [6.07, 6.45) is -0.223. The molecule has 1 unspecified atom stereocenters. The minimum atomic E-state index is -4.63. The Labute approximate surface area is 139 Å². The number of carbonyl (C=O) groups excluding carboxylic acids is 1. The van der Waals surface area contributed by atoms with Gasteiger partial charge in [0.1, 0.15) is 6.10 Å². The van der Waals surface area contributed by atoms with E-state index in [2.05, 4.69) is 0 Å². The van der Waals surface area contributed by atoms with Crippen LogP contribution in [0.1, 0.15) is 45.4 Å². The van der Waals surface area contributed by atoms with Crippen molar-refractivity contribution in [3.05, 3.63) is 0 Å². The normalized spacial score (nSPS) is 27.2. The van der Waals surface area contributed by atoms with Gasteiger partial charge in [0.25, 0.3) is 5.91 Å². The van der Waals surface area contributed by atoms with Gasteiger partial charge in [0, 0.05) is 13.1 Å². The van der Waals surface area contributed by atoms with Gasteiger partial charge in [-0.2, -0.15) is 13.2 Å². The molecule has 0 spiro atoms. The molecule has 0 aromatic heterocycles. The molecule has 1 saturated carbocycles. The topological polar surface area (TPSA) is 66.8 Å². The molecule has 1 aliphatic carbocycles. The quantitative estimate of drug-likeness (QED) is 0.827. The summed E-state index contributed by atoms with van der Waals surface area (Å²) < 4.78 is 44.9. The zero-order valence-electron chi connectivity index (χ0n) is 13.7. The fourth-order valence-electron chi connectivity index (χ4n) is 3.53. The molecule has 1 saturated heterocycles. The van der Waals surface area contributed by atoms with Crippen molar-refractivity contribution in [3.8, 4) is 0 Å². The standard InChI is InChI=1S/C16H24F3NO4/c1-2-13(24-10-6-4-3-5-7-10)14(21)20-8-11(15(22)23)12(9-20)16(17,18)19/h10-13H,2-9H2,1H3,(H,22,23)/t11-,12-,13?/m1/s1. The predicted molar refractivity (Wildman–Crippen MR) is 79.3 cm³/mol. The Hall–Kier alpha value is -1.31. The summed E-state index contributed by atoms with van der Waals surface area (Å²) in [5.41, 5.74) is 0. The number of likely N-dealkylation sites (tertiary alicyclic amines) is 1. The lowest BCUT2D eigenvalue weighted by Gasteiger charge is -2.29. The molecule has 1 aliphatic heterocycles. The fraction of sp³-hybridized carbons (Fsp3) is 0.875. The van der Waals surface area contributed by atoms with E-state index in [1.54, 1.807) is 6.92 Å². The van der Waals surface area contributed by atoms with Crippen LogP contribution >= 0.6 is 0 Å². The summed E-state index contributed by atoms with van der Waals surface area (Å²) >= 11 is 0. The molecule has 0 radical (unpaired) electrons. The van der Waals surface area contributed by atoms with Crippen LogP contribution in [0.2, 0.25) is 0 Å². The molecular weight excluding hydrogens is 327 g/mol. The van der Waals surface area contributed by atoms with Gasteiger partial charge in [-0.05, 0) is 19.3 Å². The van der Waals surface area contributed by atoms with Crippen LogP contribution in [-0.4, -0.2) is 53.4 Å².